The van der Waals surface area contributed by atoms with Crippen molar-refractivity contribution in [3.63, 3.8) is 0 Å². The number of allylic oxidation sites excluding steroid dienone is 4. The first-order chi connectivity index (χ1) is 21.6. The van der Waals surface area contributed by atoms with E-state index in [1.165, 1.54) is 48.6 Å². The van der Waals surface area contributed by atoms with Crippen LogP contribution in [0.5, 0.6) is 17.2 Å². The van der Waals surface area contributed by atoms with E-state index in [4.69, 9.17) is 16.3 Å². The monoisotopic (exact) mass is 672 g/mol. The molecule has 3 saturated carbocycles. The van der Waals surface area contributed by atoms with Gasteiger partial charge < -0.3 is 20.1 Å². The quantitative estimate of drug-likeness (QED) is 0.287. The van der Waals surface area contributed by atoms with E-state index in [9.17, 15) is 34.1 Å². The number of alkyl halides is 2. The summed E-state index contributed by atoms with van der Waals surface area (Å²) in [5.74, 6) is -3.08. The Labute approximate surface area is 274 Å². The molecule has 8 atom stereocenters. The summed E-state index contributed by atoms with van der Waals surface area (Å²) in [6, 6.07) is 7.37. The van der Waals surface area contributed by atoms with Crippen molar-refractivity contribution < 1.29 is 43.2 Å². The molecule has 0 aliphatic heterocycles. The molecule has 11 heteroatoms. The van der Waals surface area contributed by atoms with Crippen molar-refractivity contribution in [3.8, 4) is 17.2 Å². The van der Waals surface area contributed by atoms with Crippen molar-refractivity contribution in [2.75, 3.05) is 6.01 Å². The smallest absolute Gasteiger partial charge is 0.336 e. The Hall–Kier alpha value is -3.21. The third-order valence-electron chi connectivity index (χ3n) is 11.6. The number of hydrogen-bond acceptors (Lipinski definition) is 7. The van der Waals surface area contributed by atoms with Crippen molar-refractivity contribution in [1.82, 2.24) is 0 Å². The predicted molar refractivity (Wildman–Crippen MR) is 170 cm³/mol. The van der Waals surface area contributed by atoms with Crippen molar-refractivity contribution >= 4 is 40.2 Å². The van der Waals surface area contributed by atoms with Gasteiger partial charge in [-0.3, -0.25) is 9.59 Å². The van der Waals surface area contributed by atoms with Gasteiger partial charge in [0.25, 0.3) is 0 Å². The molecule has 0 saturated heterocycles. The molecular weight excluding hydrogens is 638 g/mol. The number of benzene rings is 2. The lowest BCUT2D eigenvalue weighted by atomic mass is 9.43. The fourth-order valence-corrected chi connectivity index (χ4v) is 10.7. The van der Waals surface area contributed by atoms with Crippen LogP contribution in [0.3, 0.4) is 0 Å². The summed E-state index contributed by atoms with van der Waals surface area (Å²) in [6.07, 6.45) is 3.64. The first-order valence-electron chi connectivity index (χ1n) is 15.2. The van der Waals surface area contributed by atoms with Crippen LogP contribution in [-0.2, 0) is 15.0 Å². The van der Waals surface area contributed by atoms with Crippen LogP contribution in [0.1, 0.15) is 62.4 Å². The van der Waals surface area contributed by atoms with Crippen molar-refractivity contribution in [2.45, 2.75) is 63.6 Å². The molecule has 6 rings (SSSR count). The van der Waals surface area contributed by atoms with Crippen LogP contribution >= 0.6 is 23.4 Å². The van der Waals surface area contributed by atoms with Gasteiger partial charge in [-0.15, -0.1) is 0 Å². The molecule has 2 aromatic carbocycles. The van der Waals surface area contributed by atoms with Crippen LogP contribution in [-0.4, -0.2) is 50.0 Å². The first-order valence-corrected chi connectivity index (χ1v) is 16.6. The average Bonchev–Trinajstić information content (AvgIpc) is 3.22. The fourth-order valence-electron chi connectivity index (χ4n) is 9.64. The zero-order valence-corrected chi connectivity index (χ0v) is 27.1. The number of phenolic OH excluding ortho intramolecular Hbond substituents is 1. The van der Waals surface area contributed by atoms with Gasteiger partial charge in [0.2, 0.25) is 5.12 Å². The minimum atomic E-state index is -2.16. The van der Waals surface area contributed by atoms with E-state index in [0.29, 0.717) is 36.6 Å². The lowest BCUT2D eigenvalue weighted by Gasteiger charge is -2.63. The van der Waals surface area contributed by atoms with Gasteiger partial charge in [-0.05, 0) is 97.9 Å². The van der Waals surface area contributed by atoms with Crippen molar-refractivity contribution in [2.24, 2.45) is 28.6 Å². The second kappa shape index (κ2) is 11.2. The molecule has 3 fully saturated rings. The summed E-state index contributed by atoms with van der Waals surface area (Å²) >= 11 is 6.51. The van der Waals surface area contributed by atoms with Gasteiger partial charge in [0.1, 0.15) is 23.3 Å². The van der Waals surface area contributed by atoms with E-state index in [1.54, 1.807) is 26.8 Å². The summed E-state index contributed by atoms with van der Waals surface area (Å²) in [6.45, 7) is 5.31. The number of hydrogen-bond donors (Lipinski definition) is 3. The molecule has 7 nitrogen and oxygen atoms in total. The van der Waals surface area contributed by atoms with E-state index < -0.39 is 62.9 Å². The van der Waals surface area contributed by atoms with Gasteiger partial charge in [0.05, 0.1) is 22.1 Å². The Balaban J connectivity index is 1.54. The Kier molecular flexibility index (Phi) is 7.97. The number of ketones is 1. The molecule has 0 spiro atoms. The minimum Gasteiger partial charge on any atom is -0.506 e. The Morgan fingerprint density at radius 1 is 1.13 bits per heavy atom. The van der Waals surface area contributed by atoms with E-state index in [0.717, 1.165) is 0 Å². The molecule has 0 radical (unpaired) electrons. The van der Waals surface area contributed by atoms with E-state index in [2.05, 4.69) is 0 Å². The molecule has 4 aliphatic rings. The highest BCUT2D eigenvalue weighted by Crippen LogP contribution is 2.74. The van der Waals surface area contributed by atoms with Crippen LogP contribution in [0.15, 0.2) is 60.2 Å². The number of carboxylic acid groups (broad SMARTS) is 1. The summed E-state index contributed by atoms with van der Waals surface area (Å²) in [4.78, 5) is 39.4. The van der Waals surface area contributed by atoms with Gasteiger partial charge in [-0.2, -0.15) is 0 Å². The highest BCUT2D eigenvalue weighted by Gasteiger charge is 2.76. The Bertz CT molecular complexity index is 1710. The van der Waals surface area contributed by atoms with Crippen LogP contribution in [0.2, 0.25) is 5.02 Å². The minimum absolute atomic E-state index is 0.0351. The topological polar surface area (TPSA) is 121 Å². The highest BCUT2D eigenvalue weighted by atomic mass is 35.5. The second-order valence-corrected chi connectivity index (χ2v) is 14.8. The summed E-state index contributed by atoms with van der Waals surface area (Å²) in [5, 5.41) is 31.6. The molecular formula is C35H35ClF2O7S. The SMILES string of the molecule is C[C@@H]1CC2C3CCC4=CC(=O)C=C[C@]4(C)C3(F)[C@@H](O)C[C@]2(C)[C@]1(C(=O)SCF)c1cc(Oc2ccc(O)c(Cl)c2)ccc1C(=O)O. The number of aromatic hydroxyl groups is 1. The zero-order valence-electron chi connectivity index (χ0n) is 25.6. The lowest BCUT2D eigenvalue weighted by molar-refractivity contribution is -0.197. The number of aliphatic hydroxyl groups excluding tert-OH is 1. The number of thioether (sulfide) groups is 1. The number of ether oxygens (including phenoxy) is 1. The maximum atomic E-state index is 17.8. The molecule has 0 amide bonds. The normalized spacial score (nSPS) is 36.3. The number of aliphatic hydroxyl groups is 1. The van der Waals surface area contributed by atoms with Crippen LogP contribution < -0.4 is 4.74 Å². The van der Waals surface area contributed by atoms with E-state index in [1.807, 2.05) is 0 Å². The first kappa shape index (κ1) is 32.7. The summed E-state index contributed by atoms with van der Waals surface area (Å²) in [5.41, 5.74) is -5.71. The molecule has 3 unspecified atom stereocenters. The molecule has 3 N–H and O–H groups in total. The van der Waals surface area contributed by atoms with Gasteiger partial charge in [-0.25, -0.2) is 13.6 Å². The Morgan fingerprint density at radius 3 is 2.50 bits per heavy atom. The highest BCUT2D eigenvalue weighted by molar-refractivity contribution is 8.13. The second-order valence-electron chi connectivity index (χ2n) is 13.5. The number of carboxylic acids is 1. The number of phenols is 1. The van der Waals surface area contributed by atoms with E-state index >= 15 is 4.39 Å². The molecule has 46 heavy (non-hydrogen) atoms. The lowest BCUT2D eigenvalue weighted by Crippen LogP contribution is -2.68. The average molecular weight is 673 g/mol. The van der Waals surface area contributed by atoms with Crippen molar-refractivity contribution in [3.05, 3.63) is 76.3 Å². The number of aromatic carboxylic acids is 1. The number of rotatable bonds is 6. The van der Waals surface area contributed by atoms with Crippen LogP contribution in [0.25, 0.3) is 0 Å². The maximum absolute atomic E-state index is 17.8. The van der Waals surface area contributed by atoms with E-state index in [-0.39, 0.29) is 45.6 Å². The number of halogens is 3. The van der Waals surface area contributed by atoms with Crippen LogP contribution in [0, 0.1) is 28.6 Å². The van der Waals surface area contributed by atoms with Crippen molar-refractivity contribution in [1.29, 1.82) is 0 Å². The fraction of sp³-hybridized carbons (Fsp3) is 0.457. The molecule has 2 aromatic rings. The van der Waals surface area contributed by atoms with Gasteiger partial charge >= 0.3 is 5.97 Å². The predicted octanol–water partition coefficient (Wildman–Crippen LogP) is 7.58. The zero-order chi connectivity index (χ0) is 33.4. The van der Waals surface area contributed by atoms with Gasteiger partial charge in [0.15, 0.2) is 11.5 Å². The van der Waals surface area contributed by atoms with Gasteiger partial charge in [-0.1, -0.05) is 48.9 Å². The third kappa shape index (κ3) is 4.35. The summed E-state index contributed by atoms with van der Waals surface area (Å²) < 4.78 is 37.9. The van der Waals surface area contributed by atoms with Crippen LogP contribution in [0.4, 0.5) is 8.78 Å². The molecule has 244 valence electrons. The number of carbonyl (C=O) groups excluding carboxylic acids is 2. The number of carbonyl (C=O) groups is 3. The Morgan fingerprint density at radius 2 is 1.83 bits per heavy atom. The number of fused-ring (bicyclic) bond motifs is 5. The molecule has 4 aliphatic carbocycles. The van der Waals surface area contributed by atoms with Gasteiger partial charge in [0, 0.05) is 17.4 Å². The molecule has 0 aromatic heterocycles. The third-order valence-corrected chi connectivity index (χ3v) is 12.6. The summed E-state index contributed by atoms with van der Waals surface area (Å²) in [7, 11) is 0. The maximum Gasteiger partial charge on any atom is 0.336 e. The molecule has 0 bridgehead atoms. The molecule has 0 heterocycles. The standard InChI is InChI=1S/C35H35ClF2O7S/c1-18-12-26-24-8-4-19-13-20(39)10-11-32(19,2)35(24,38)29(41)16-33(26,3)34(18,31(44)46-17-37)25-14-21(5-7-23(25)30(42)43)45-22-6-9-28(40)27(36)15-22/h5-7,9-11,13-15,18,24,26,29,40-41H,4,8,12,16-17H2,1-3H3,(H,42,43)/t18-,24?,26?,29+,32+,33+,34+,35?/m1/s1. The largest absolute Gasteiger partial charge is 0.506 e.